The molecule has 0 aromatic rings. The topological polar surface area (TPSA) is 23.6 Å². The first-order chi connectivity index (χ1) is 9.68. The lowest BCUT2D eigenvalue weighted by Crippen LogP contribution is -2.48. The van der Waals surface area contributed by atoms with Crippen LogP contribution in [0.25, 0.3) is 0 Å². The number of urea groups is 1. The summed E-state index contributed by atoms with van der Waals surface area (Å²) in [6.45, 7) is 7.41. The van der Waals surface area contributed by atoms with Crippen molar-refractivity contribution in [1.82, 2.24) is 9.80 Å². The highest BCUT2D eigenvalue weighted by atomic mass is 16.2. The van der Waals surface area contributed by atoms with E-state index in [4.69, 9.17) is 0 Å². The third-order valence-corrected chi connectivity index (χ3v) is 4.84. The van der Waals surface area contributed by atoms with Crippen LogP contribution in [-0.4, -0.2) is 41.5 Å². The highest BCUT2D eigenvalue weighted by molar-refractivity contribution is 5.75. The molecular weight excluding hydrogens is 248 g/mol. The summed E-state index contributed by atoms with van der Waals surface area (Å²) in [6, 6.07) is 0.851. The summed E-state index contributed by atoms with van der Waals surface area (Å²) in [5.41, 5.74) is 0. The minimum absolute atomic E-state index is 0.333. The quantitative estimate of drug-likeness (QED) is 0.754. The van der Waals surface area contributed by atoms with Gasteiger partial charge < -0.3 is 9.80 Å². The molecule has 1 saturated carbocycles. The number of rotatable bonds is 4. The maximum Gasteiger partial charge on any atom is 0.320 e. The Bertz CT molecular complexity index is 289. The number of hydrogen-bond acceptors (Lipinski definition) is 1. The molecular formula is C17H32N2O. The molecule has 0 aromatic carbocycles. The van der Waals surface area contributed by atoms with Crippen LogP contribution >= 0.6 is 0 Å². The predicted molar refractivity (Wildman–Crippen MR) is 83.9 cm³/mol. The van der Waals surface area contributed by atoms with Crippen LogP contribution in [-0.2, 0) is 0 Å². The summed E-state index contributed by atoms with van der Waals surface area (Å²) in [7, 11) is 0. The van der Waals surface area contributed by atoms with E-state index in [9.17, 15) is 4.79 Å². The molecule has 2 amide bonds. The summed E-state index contributed by atoms with van der Waals surface area (Å²) >= 11 is 0. The Kier molecular flexibility index (Phi) is 6.18. The monoisotopic (exact) mass is 280 g/mol. The highest BCUT2D eigenvalue weighted by Gasteiger charge is 2.29. The van der Waals surface area contributed by atoms with Crippen LogP contribution in [0.3, 0.4) is 0 Å². The Morgan fingerprint density at radius 3 is 2.20 bits per heavy atom. The molecule has 1 aliphatic carbocycles. The van der Waals surface area contributed by atoms with Crippen molar-refractivity contribution < 1.29 is 4.79 Å². The Hall–Kier alpha value is -0.730. The van der Waals surface area contributed by atoms with Crippen LogP contribution in [0.5, 0.6) is 0 Å². The fraction of sp³-hybridized carbons (Fsp3) is 0.941. The molecule has 116 valence electrons. The van der Waals surface area contributed by atoms with E-state index in [1.807, 2.05) is 0 Å². The van der Waals surface area contributed by atoms with Gasteiger partial charge in [0.15, 0.2) is 0 Å². The van der Waals surface area contributed by atoms with Crippen LogP contribution in [0.2, 0.25) is 0 Å². The van der Waals surface area contributed by atoms with E-state index < -0.39 is 0 Å². The lowest BCUT2D eigenvalue weighted by Gasteiger charge is -2.34. The van der Waals surface area contributed by atoms with E-state index in [0.29, 0.717) is 18.0 Å². The van der Waals surface area contributed by atoms with Crippen molar-refractivity contribution in [3.05, 3.63) is 0 Å². The minimum atomic E-state index is 0.333. The summed E-state index contributed by atoms with van der Waals surface area (Å²) in [5.74, 6) is 0.677. The van der Waals surface area contributed by atoms with Crippen LogP contribution in [0.1, 0.15) is 71.6 Å². The summed E-state index contributed by atoms with van der Waals surface area (Å²) < 4.78 is 0. The van der Waals surface area contributed by atoms with Crippen molar-refractivity contribution in [2.24, 2.45) is 5.92 Å². The number of nitrogens with zero attached hydrogens (tertiary/aromatic N) is 2. The normalized spacial score (nSPS) is 21.2. The first kappa shape index (κ1) is 15.7. The van der Waals surface area contributed by atoms with Gasteiger partial charge in [-0.1, -0.05) is 39.5 Å². The molecule has 2 rings (SSSR count). The van der Waals surface area contributed by atoms with Gasteiger partial charge in [0.25, 0.3) is 0 Å². The second kappa shape index (κ2) is 7.90. The molecule has 0 aromatic heterocycles. The summed E-state index contributed by atoms with van der Waals surface area (Å²) in [5, 5.41) is 0. The van der Waals surface area contributed by atoms with Crippen molar-refractivity contribution >= 4 is 6.03 Å². The van der Waals surface area contributed by atoms with Gasteiger partial charge >= 0.3 is 6.03 Å². The van der Waals surface area contributed by atoms with Gasteiger partial charge in [0.2, 0.25) is 0 Å². The molecule has 1 heterocycles. The van der Waals surface area contributed by atoms with Crippen molar-refractivity contribution in [1.29, 1.82) is 0 Å². The molecule has 0 spiro atoms. The highest BCUT2D eigenvalue weighted by Crippen LogP contribution is 2.26. The lowest BCUT2D eigenvalue weighted by molar-refractivity contribution is 0.131. The van der Waals surface area contributed by atoms with Gasteiger partial charge in [-0.2, -0.15) is 0 Å². The smallest absolute Gasteiger partial charge is 0.320 e. The molecule has 1 saturated heterocycles. The van der Waals surface area contributed by atoms with Crippen molar-refractivity contribution in [3.8, 4) is 0 Å². The van der Waals surface area contributed by atoms with Crippen LogP contribution < -0.4 is 0 Å². The number of carbonyl (C=O) groups excluding carboxylic acids is 1. The molecule has 0 radical (unpaired) electrons. The SMILES string of the molecule is CC(C)CCN(C(=O)N1CCCCCC1)C1CCCC1. The zero-order valence-corrected chi connectivity index (χ0v) is 13.4. The zero-order chi connectivity index (χ0) is 14.4. The molecule has 0 N–H and O–H groups in total. The zero-order valence-electron chi connectivity index (χ0n) is 13.4. The average Bonchev–Trinajstić information content (AvgIpc) is 2.80. The van der Waals surface area contributed by atoms with Gasteiger partial charge in [-0.3, -0.25) is 0 Å². The van der Waals surface area contributed by atoms with Gasteiger partial charge in [0, 0.05) is 25.7 Å². The second-order valence-corrected chi connectivity index (χ2v) is 7.00. The first-order valence-electron chi connectivity index (χ1n) is 8.74. The molecule has 0 atom stereocenters. The molecule has 2 aliphatic rings. The van der Waals surface area contributed by atoms with Gasteiger partial charge in [0.1, 0.15) is 0 Å². The molecule has 0 unspecified atom stereocenters. The fourth-order valence-corrected chi connectivity index (χ4v) is 3.49. The maximum atomic E-state index is 12.9. The maximum absolute atomic E-state index is 12.9. The van der Waals surface area contributed by atoms with E-state index in [-0.39, 0.29) is 0 Å². The van der Waals surface area contributed by atoms with E-state index >= 15 is 0 Å². The van der Waals surface area contributed by atoms with Crippen LogP contribution in [0, 0.1) is 5.92 Å². The molecule has 0 bridgehead atoms. The molecule has 20 heavy (non-hydrogen) atoms. The Labute approximate surface area is 124 Å². The van der Waals surface area contributed by atoms with Crippen LogP contribution in [0.15, 0.2) is 0 Å². The van der Waals surface area contributed by atoms with Crippen molar-refractivity contribution in [3.63, 3.8) is 0 Å². The van der Waals surface area contributed by atoms with E-state index in [0.717, 1.165) is 26.1 Å². The Morgan fingerprint density at radius 1 is 1.05 bits per heavy atom. The van der Waals surface area contributed by atoms with E-state index in [1.165, 1.54) is 51.4 Å². The molecule has 1 aliphatic heterocycles. The number of likely N-dealkylation sites (tertiary alicyclic amines) is 1. The molecule has 3 nitrogen and oxygen atoms in total. The van der Waals surface area contributed by atoms with E-state index in [2.05, 4.69) is 23.6 Å². The van der Waals surface area contributed by atoms with Gasteiger partial charge in [-0.05, 0) is 38.0 Å². The Balaban J connectivity index is 1.97. The third kappa shape index (κ3) is 4.39. The van der Waals surface area contributed by atoms with Gasteiger partial charge in [0.05, 0.1) is 0 Å². The number of amides is 2. The summed E-state index contributed by atoms with van der Waals surface area (Å²) in [6.07, 6.45) is 11.1. The average molecular weight is 280 g/mol. The number of carbonyl (C=O) groups is 1. The minimum Gasteiger partial charge on any atom is -0.325 e. The third-order valence-electron chi connectivity index (χ3n) is 4.84. The largest absolute Gasteiger partial charge is 0.325 e. The van der Waals surface area contributed by atoms with Crippen molar-refractivity contribution in [2.45, 2.75) is 77.7 Å². The number of hydrogen-bond donors (Lipinski definition) is 0. The lowest BCUT2D eigenvalue weighted by atomic mass is 10.1. The fourth-order valence-electron chi connectivity index (χ4n) is 3.49. The standard InChI is InChI=1S/C17H32N2O/c1-15(2)11-14-19(16-9-5-6-10-16)17(20)18-12-7-3-4-8-13-18/h15-16H,3-14H2,1-2H3. The van der Waals surface area contributed by atoms with E-state index in [1.54, 1.807) is 0 Å². The van der Waals surface area contributed by atoms with Crippen molar-refractivity contribution in [2.75, 3.05) is 19.6 Å². The summed E-state index contributed by atoms with van der Waals surface area (Å²) in [4.78, 5) is 17.3. The molecule has 2 fully saturated rings. The van der Waals surface area contributed by atoms with Gasteiger partial charge in [-0.15, -0.1) is 0 Å². The second-order valence-electron chi connectivity index (χ2n) is 7.00. The van der Waals surface area contributed by atoms with Gasteiger partial charge in [-0.25, -0.2) is 4.79 Å². The van der Waals surface area contributed by atoms with Crippen LogP contribution in [0.4, 0.5) is 4.79 Å². The first-order valence-corrected chi connectivity index (χ1v) is 8.74. The predicted octanol–water partition coefficient (Wildman–Crippen LogP) is 4.27. The molecule has 3 heteroatoms. The Morgan fingerprint density at radius 2 is 1.65 bits per heavy atom.